The fraction of sp³-hybridized carbons (Fsp3) is 0.529. The summed E-state index contributed by atoms with van der Waals surface area (Å²) in [6.45, 7) is 0.373. The second kappa shape index (κ2) is 11.5. The van der Waals surface area contributed by atoms with E-state index in [1.165, 1.54) is 0 Å². The van der Waals surface area contributed by atoms with E-state index in [4.69, 9.17) is 22.0 Å². The fourth-order valence-electron chi connectivity index (χ4n) is 2.69. The number of carbonyl (C=O) groups is 2. The van der Waals surface area contributed by atoms with Crippen LogP contribution >= 0.6 is 0 Å². The quantitative estimate of drug-likeness (QED) is 0.0765. The summed E-state index contributed by atoms with van der Waals surface area (Å²) in [7, 11) is 0. The number of carboxylic acid groups (broad SMARTS) is 1. The Kier molecular flexibility index (Phi) is 8.75. The Morgan fingerprint density at radius 2 is 2.03 bits per heavy atom. The second-order valence-electron chi connectivity index (χ2n) is 6.56. The van der Waals surface area contributed by atoms with Gasteiger partial charge in [-0.15, -0.1) is 0 Å². The molecule has 0 aliphatic rings. The largest absolute Gasteiger partial charge is 0.480 e. The van der Waals surface area contributed by atoms with Crippen LogP contribution in [0.25, 0.3) is 11.2 Å². The van der Waals surface area contributed by atoms with Gasteiger partial charge in [-0.1, -0.05) is 0 Å². The van der Waals surface area contributed by atoms with E-state index in [1.54, 1.807) is 12.5 Å². The molecule has 2 aromatic heterocycles. The molecular formula is C17H27N9O4. The van der Waals surface area contributed by atoms with Crippen molar-refractivity contribution in [2.24, 2.45) is 22.3 Å². The number of unbranched alkanes of at least 4 members (excludes halogenated alkanes) is 2. The molecule has 1 amide bonds. The first-order chi connectivity index (χ1) is 14.4. The molecule has 2 heterocycles. The summed E-state index contributed by atoms with van der Waals surface area (Å²) in [6, 6.07) is -1.22. The summed E-state index contributed by atoms with van der Waals surface area (Å²) in [4.78, 5) is 42.7. The van der Waals surface area contributed by atoms with Gasteiger partial charge in [0.25, 0.3) is 0 Å². The molecule has 0 spiro atoms. The molecule has 164 valence electrons. The zero-order valence-corrected chi connectivity index (χ0v) is 16.5. The molecule has 13 heteroatoms. The fourth-order valence-corrected chi connectivity index (χ4v) is 2.69. The van der Waals surface area contributed by atoms with Crippen molar-refractivity contribution >= 4 is 29.2 Å². The van der Waals surface area contributed by atoms with Crippen molar-refractivity contribution in [3.8, 4) is 0 Å². The molecule has 0 aliphatic heterocycles. The summed E-state index contributed by atoms with van der Waals surface area (Å²) in [6.07, 6.45) is 5.68. The SMILES string of the molecule is NC(N)=NCCC[C@@H](C(=O)O)N(N)C(=O)OCCCCCc1ncc2[nH]cnc2n1. The number of ether oxygens (including phenoxy) is 1. The smallest absolute Gasteiger partial charge is 0.424 e. The van der Waals surface area contributed by atoms with Crippen LogP contribution in [0.4, 0.5) is 4.79 Å². The van der Waals surface area contributed by atoms with Crippen molar-refractivity contribution in [1.29, 1.82) is 0 Å². The third-order valence-electron chi connectivity index (χ3n) is 4.26. The zero-order valence-electron chi connectivity index (χ0n) is 16.5. The van der Waals surface area contributed by atoms with Crippen LogP contribution in [0, 0.1) is 0 Å². The molecule has 0 aromatic carbocycles. The molecule has 13 nitrogen and oxygen atoms in total. The number of imidazole rings is 1. The first kappa shape index (κ1) is 22.8. The maximum Gasteiger partial charge on any atom is 0.424 e. The maximum atomic E-state index is 12.0. The van der Waals surface area contributed by atoms with Crippen LogP contribution in [0.5, 0.6) is 0 Å². The number of nitrogens with one attached hydrogen (secondary N) is 1. The standard InChI is InChI=1S/C17H27N9O4/c18-16(19)21-7-4-5-12(15(27)28)26(20)17(29)30-8-3-1-2-6-13-22-9-11-14(25-13)24-10-23-11/h9-10,12H,1-8,20H2,(H,27,28)(H4,18,19,21)(H,22,23,24,25)/t12-/m0/s1. The Morgan fingerprint density at radius 3 is 2.77 bits per heavy atom. The Balaban J connectivity index is 1.65. The molecule has 0 aliphatic carbocycles. The molecule has 0 saturated carbocycles. The number of aryl methyl sites for hydroxylation is 1. The van der Waals surface area contributed by atoms with Crippen molar-refractivity contribution in [3.05, 3.63) is 18.3 Å². The molecule has 0 unspecified atom stereocenters. The number of hydrogen-bond acceptors (Lipinski definition) is 8. The topological polar surface area (TPSA) is 212 Å². The van der Waals surface area contributed by atoms with Gasteiger partial charge in [-0.25, -0.2) is 35.4 Å². The first-order valence-corrected chi connectivity index (χ1v) is 9.52. The van der Waals surface area contributed by atoms with Crippen LogP contribution in [0.15, 0.2) is 17.5 Å². The van der Waals surface area contributed by atoms with Crippen molar-refractivity contribution in [3.63, 3.8) is 0 Å². The van der Waals surface area contributed by atoms with E-state index in [2.05, 4.69) is 24.9 Å². The lowest BCUT2D eigenvalue weighted by Crippen LogP contribution is -2.50. The number of H-pyrrole nitrogens is 1. The predicted octanol–water partition coefficient (Wildman–Crippen LogP) is -0.115. The number of carbonyl (C=O) groups excluding carboxylic acids is 1. The first-order valence-electron chi connectivity index (χ1n) is 9.52. The summed E-state index contributed by atoms with van der Waals surface area (Å²) in [5.74, 6) is 5.01. The Labute approximate surface area is 172 Å². The zero-order chi connectivity index (χ0) is 21.9. The van der Waals surface area contributed by atoms with E-state index in [0.717, 1.165) is 18.4 Å². The molecular weight excluding hydrogens is 394 g/mol. The van der Waals surface area contributed by atoms with Crippen LogP contribution in [0.3, 0.4) is 0 Å². The highest BCUT2D eigenvalue weighted by molar-refractivity contribution is 5.79. The highest BCUT2D eigenvalue weighted by Crippen LogP contribution is 2.09. The number of aliphatic imine (C=N–C) groups is 1. The van der Waals surface area contributed by atoms with Gasteiger partial charge in [-0.3, -0.25) is 4.99 Å². The monoisotopic (exact) mass is 421 g/mol. The molecule has 0 bridgehead atoms. The van der Waals surface area contributed by atoms with E-state index >= 15 is 0 Å². The van der Waals surface area contributed by atoms with Gasteiger partial charge < -0.3 is 26.3 Å². The molecule has 1 atom stereocenters. The van der Waals surface area contributed by atoms with Crippen molar-refractivity contribution in [1.82, 2.24) is 24.9 Å². The highest BCUT2D eigenvalue weighted by atomic mass is 16.6. The van der Waals surface area contributed by atoms with E-state index in [-0.39, 0.29) is 25.5 Å². The van der Waals surface area contributed by atoms with Crippen molar-refractivity contribution < 1.29 is 19.4 Å². The lowest BCUT2D eigenvalue weighted by molar-refractivity contribution is -0.143. The van der Waals surface area contributed by atoms with Gasteiger partial charge in [0.2, 0.25) is 0 Å². The van der Waals surface area contributed by atoms with E-state index in [9.17, 15) is 14.7 Å². The number of nitrogens with zero attached hydrogens (tertiary/aromatic N) is 5. The summed E-state index contributed by atoms with van der Waals surface area (Å²) in [5.41, 5.74) is 11.8. The number of aromatic nitrogens is 4. The maximum absolute atomic E-state index is 12.0. The van der Waals surface area contributed by atoms with E-state index in [0.29, 0.717) is 35.7 Å². The highest BCUT2D eigenvalue weighted by Gasteiger charge is 2.28. The molecule has 0 radical (unpaired) electrons. The average Bonchev–Trinajstić information content (AvgIpc) is 3.17. The third-order valence-corrected chi connectivity index (χ3v) is 4.26. The van der Waals surface area contributed by atoms with Gasteiger partial charge in [-0.2, -0.15) is 0 Å². The van der Waals surface area contributed by atoms with Crippen LogP contribution in [-0.2, 0) is 16.0 Å². The number of aliphatic carboxylic acids is 1. The van der Waals surface area contributed by atoms with E-state index < -0.39 is 18.1 Å². The second-order valence-corrected chi connectivity index (χ2v) is 6.56. The summed E-state index contributed by atoms with van der Waals surface area (Å²) >= 11 is 0. The molecule has 2 aromatic rings. The number of guanidine groups is 1. The third kappa shape index (κ3) is 7.16. The predicted molar refractivity (Wildman–Crippen MR) is 108 cm³/mol. The Hall–Kier alpha value is -3.48. The van der Waals surface area contributed by atoms with Crippen LogP contribution in [0.2, 0.25) is 0 Å². The van der Waals surface area contributed by atoms with Gasteiger partial charge in [0.1, 0.15) is 17.4 Å². The number of aromatic amines is 1. The van der Waals surface area contributed by atoms with Crippen LogP contribution < -0.4 is 17.3 Å². The molecule has 2 rings (SSSR count). The molecule has 8 N–H and O–H groups in total. The van der Waals surface area contributed by atoms with Crippen molar-refractivity contribution in [2.45, 2.75) is 44.6 Å². The number of fused-ring (bicyclic) bond motifs is 1. The van der Waals surface area contributed by atoms with Gasteiger partial charge in [0, 0.05) is 13.0 Å². The molecule has 30 heavy (non-hydrogen) atoms. The number of amides is 1. The number of rotatable bonds is 12. The minimum atomic E-state index is -1.23. The average molecular weight is 421 g/mol. The van der Waals surface area contributed by atoms with Gasteiger partial charge in [0.05, 0.1) is 19.1 Å². The van der Waals surface area contributed by atoms with Crippen LogP contribution in [0.1, 0.15) is 37.9 Å². The van der Waals surface area contributed by atoms with Gasteiger partial charge in [0.15, 0.2) is 11.6 Å². The Morgan fingerprint density at radius 1 is 1.23 bits per heavy atom. The summed E-state index contributed by atoms with van der Waals surface area (Å²) < 4.78 is 5.06. The minimum absolute atomic E-state index is 0.0841. The summed E-state index contributed by atoms with van der Waals surface area (Å²) in [5, 5.41) is 9.86. The normalized spacial score (nSPS) is 11.8. The minimum Gasteiger partial charge on any atom is -0.480 e. The van der Waals surface area contributed by atoms with E-state index in [1.807, 2.05) is 0 Å². The van der Waals surface area contributed by atoms with Gasteiger partial charge in [-0.05, 0) is 32.1 Å². The van der Waals surface area contributed by atoms with Crippen LogP contribution in [-0.4, -0.2) is 67.3 Å². The molecule has 0 saturated heterocycles. The molecule has 0 fully saturated rings. The number of carboxylic acids is 1. The number of hydrogen-bond donors (Lipinski definition) is 5. The van der Waals surface area contributed by atoms with Crippen molar-refractivity contribution in [2.75, 3.05) is 13.2 Å². The Bertz CT molecular complexity index is 866. The lowest BCUT2D eigenvalue weighted by Gasteiger charge is -2.23. The number of nitrogens with two attached hydrogens (primary N) is 3. The lowest BCUT2D eigenvalue weighted by atomic mass is 10.1. The number of hydrazine groups is 1. The van der Waals surface area contributed by atoms with Gasteiger partial charge >= 0.3 is 12.1 Å².